The number of hydrogen-bond acceptors (Lipinski definition) is 7. The summed E-state index contributed by atoms with van der Waals surface area (Å²) in [4.78, 5) is 19.8. The minimum Gasteiger partial charge on any atom is -0.481 e. The fraction of sp³-hybridized carbons (Fsp3) is 0.538. The van der Waals surface area contributed by atoms with Crippen molar-refractivity contribution < 1.29 is 19.2 Å². The number of fused-ring (bicyclic) bond motifs is 1. The van der Waals surface area contributed by atoms with Gasteiger partial charge in [0.25, 0.3) is 5.71 Å². The summed E-state index contributed by atoms with van der Waals surface area (Å²) in [6.07, 6.45) is 2.32. The number of nitrogens with zero attached hydrogens (tertiary/aromatic N) is 3. The van der Waals surface area contributed by atoms with E-state index in [1.54, 1.807) is 6.92 Å². The molecule has 21 heavy (non-hydrogen) atoms. The molecule has 0 amide bonds. The Labute approximate surface area is 120 Å². The molecule has 0 aromatic carbocycles. The molecule has 112 valence electrons. The van der Waals surface area contributed by atoms with Crippen LogP contribution in [0.25, 0.3) is 11.1 Å². The Morgan fingerprint density at radius 3 is 2.90 bits per heavy atom. The first-order valence-electron chi connectivity index (χ1n) is 6.74. The van der Waals surface area contributed by atoms with Crippen molar-refractivity contribution in [2.75, 3.05) is 25.1 Å². The molecule has 0 saturated carbocycles. The van der Waals surface area contributed by atoms with E-state index < -0.39 is 11.4 Å². The molecule has 0 spiro atoms. The van der Waals surface area contributed by atoms with E-state index in [0.29, 0.717) is 48.7 Å². The Hall–Kier alpha value is -2.22. The highest BCUT2D eigenvalue weighted by Crippen LogP contribution is 2.32. The predicted molar refractivity (Wildman–Crippen MR) is 72.9 cm³/mol. The number of carboxylic acid groups (broad SMARTS) is 1. The van der Waals surface area contributed by atoms with E-state index in [1.807, 2.05) is 0 Å². The van der Waals surface area contributed by atoms with Gasteiger partial charge in [0.1, 0.15) is 17.5 Å². The topological polar surface area (TPSA) is 110 Å². The molecule has 3 rings (SSSR count). The van der Waals surface area contributed by atoms with Crippen LogP contribution in [-0.4, -0.2) is 46.0 Å². The van der Waals surface area contributed by atoms with Crippen molar-refractivity contribution in [2.45, 2.75) is 19.8 Å². The fourth-order valence-corrected chi connectivity index (χ4v) is 2.54. The summed E-state index contributed by atoms with van der Waals surface area (Å²) in [5.41, 5.74) is 0.228. The highest BCUT2D eigenvalue weighted by molar-refractivity contribution is 5.87. The van der Waals surface area contributed by atoms with Crippen LogP contribution < -0.4 is 5.32 Å². The third kappa shape index (κ3) is 2.42. The number of aryl methyl sites for hydroxylation is 1. The maximum atomic E-state index is 11.6. The van der Waals surface area contributed by atoms with Gasteiger partial charge in [0, 0.05) is 19.8 Å². The highest BCUT2D eigenvalue weighted by atomic mass is 16.5. The van der Waals surface area contributed by atoms with Gasteiger partial charge in [-0.15, -0.1) is 0 Å². The summed E-state index contributed by atoms with van der Waals surface area (Å²) in [7, 11) is 0. The van der Waals surface area contributed by atoms with Crippen molar-refractivity contribution in [3.63, 3.8) is 0 Å². The van der Waals surface area contributed by atoms with Crippen LogP contribution in [-0.2, 0) is 9.53 Å². The second-order valence-corrected chi connectivity index (χ2v) is 5.22. The lowest BCUT2D eigenvalue weighted by atomic mass is 9.80. The SMILES string of the molecule is Cc1noc2ncnc(NCC3(C(=O)O)CCOCC3)c12. The van der Waals surface area contributed by atoms with Gasteiger partial charge in [0.05, 0.1) is 11.1 Å². The number of aromatic nitrogens is 3. The Kier molecular flexibility index (Phi) is 3.46. The first-order chi connectivity index (χ1) is 10.1. The molecule has 0 unspecified atom stereocenters. The summed E-state index contributed by atoms with van der Waals surface area (Å²) < 4.78 is 10.3. The molecular formula is C13H16N4O4. The summed E-state index contributed by atoms with van der Waals surface area (Å²) in [6.45, 7) is 2.99. The van der Waals surface area contributed by atoms with E-state index in [9.17, 15) is 9.90 Å². The second kappa shape index (κ2) is 5.28. The monoisotopic (exact) mass is 292 g/mol. The number of ether oxygens (including phenoxy) is 1. The fourth-order valence-electron chi connectivity index (χ4n) is 2.54. The van der Waals surface area contributed by atoms with Crippen LogP contribution in [0.2, 0.25) is 0 Å². The van der Waals surface area contributed by atoms with Gasteiger partial charge in [-0.2, -0.15) is 4.98 Å². The molecule has 2 N–H and O–H groups in total. The minimum absolute atomic E-state index is 0.280. The van der Waals surface area contributed by atoms with Crippen LogP contribution in [0, 0.1) is 12.3 Å². The minimum atomic E-state index is -0.833. The molecule has 1 aliphatic heterocycles. The van der Waals surface area contributed by atoms with Crippen molar-refractivity contribution in [1.29, 1.82) is 0 Å². The number of rotatable bonds is 4. The zero-order valence-corrected chi connectivity index (χ0v) is 11.6. The summed E-state index contributed by atoms with van der Waals surface area (Å²) in [5.74, 6) is -0.267. The highest BCUT2D eigenvalue weighted by Gasteiger charge is 2.40. The molecule has 0 radical (unpaired) electrons. The molecule has 8 nitrogen and oxygen atoms in total. The van der Waals surface area contributed by atoms with Gasteiger partial charge in [0.2, 0.25) is 0 Å². The first-order valence-corrected chi connectivity index (χ1v) is 6.74. The van der Waals surface area contributed by atoms with Gasteiger partial charge in [-0.1, -0.05) is 5.16 Å². The number of carbonyl (C=O) groups is 1. The van der Waals surface area contributed by atoms with E-state index in [4.69, 9.17) is 9.26 Å². The van der Waals surface area contributed by atoms with Gasteiger partial charge in [-0.3, -0.25) is 4.79 Å². The largest absolute Gasteiger partial charge is 0.481 e. The third-order valence-corrected chi connectivity index (χ3v) is 3.94. The van der Waals surface area contributed by atoms with Crippen LogP contribution >= 0.6 is 0 Å². The summed E-state index contributed by atoms with van der Waals surface area (Å²) >= 11 is 0. The standard InChI is InChI=1S/C13H16N4O4/c1-8-9-10(15-7-16-11(9)21-17-8)14-6-13(12(18)19)2-4-20-5-3-13/h7H,2-6H2,1H3,(H,18,19)(H,14,15,16). The van der Waals surface area contributed by atoms with E-state index in [0.717, 1.165) is 0 Å². The molecule has 3 heterocycles. The Morgan fingerprint density at radius 2 is 2.19 bits per heavy atom. The van der Waals surface area contributed by atoms with Gasteiger partial charge >= 0.3 is 5.97 Å². The lowest BCUT2D eigenvalue weighted by molar-refractivity contribution is -0.153. The van der Waals surface area contributed by atoms with Crippen LogP contribution in [0.3, 0.4) is 0 Å². The van der Waals surface area contributed by atoms with Crippen molar-refractivity contribution >= 4 is 22.9 Å². The quantitative estimate of drug-likeness (QED) is 0.865. The van der Waals surface area contributed by atoms with Gasteiger partial charge < -0.3 is 19.7 Å². The zero-order valence-electron chi connectivity index (χ0n) is 11.6. The smallest absolute Gasteiger partial charge is 0.311 e. The molecule has 0 aliphatic carbocycles. The summed E-state index contributed by atoms with van der Waals surface area (Å²) in [6, 6.07) is 0. The molecule has 1 saturated heterocycles. The average molecular weight is 292 g/mol. The van der Waals surface area contributed by atoms with Crippen molar-refractivity contribution in [3.8, 4) is 0 Å². The number of aliphatic carboxylic acids is 1. The Morgan fingerprint density at radius 1 is 1.43 bits per heavy atom. The molecule has 0 bridgehead atoms. The molecule has 8 heteroatoms. The molecular weight excluding hydrogens is 276 g/mol. The van der Waals surface area contributed by atoms with Crippen LogP contribution in [0.15, 0.2) is 10.9 Å². The number of anilines is 1. The lowest BCUT2D eigenvalue weighted by Gasteiger charge is -2.33. The number of carboxylic acids is 1. The number of nitrogens with one attached hydrogen (secondary N) is 1. The third-order valence-electron chi connectivity index (χ3n) is 3.94. The van der Waals surface area contributed by atoms with Crippen molar-refractivity contribution in [1.82, 2.24) is 15.1 Å². The molecule has 1 aliphatic rings. The van der Waals surface area contributed by atoms with E-state index in [2.05, 4.69) is 20.4 Å². The summed E-state index contributed by atoms with van der Waals surface area (Å²) in [5, 5.41) is 17.2. The molecule has 1 fully saturated rings. The first kappa shape index (κ1) is 13.7. The zero-order chi connectivity index (χ0) is 14.9. The predicted octanol–water partition coefficient (Wildman–Crippen LogP) is 1.22. The normalized spacial score (nSPS) is 17.8. The van der Waals surface area contributed by atoms with Crippen LogP contribution in [0.5, 0.6) is 0 Å². The second-order valence-electron chi connectivity index (χ2n) is 5.22. The molecule has 2 aromatic rings. The Balaban J connectivity index is 1.85. The van der Waals surface area contributed by atoms with Crippen molar-refractivity contribution in [3.05, 3.63) is 12.0 Å². The number of hydrogen-bond donors (Lipinski definition) is 2. The average Bonchev–Trinajstić information content (AvgIpc) is 2.88. The molecule has 2 aromatic heterocycles. The van der Waals surface area contributed by atoms with Gasteiger partial charge in [-0.05, 0) is 19.8 Å². The van der Waals surface area contributed by atoms with Gasteiger partial charge in [-0.25, -0.2) is 4.98 Å². The lowest BCUT2D eigenvalue weighted by Crippen LogP contribution is -2.42. The van der Waals surface area contributed by atoms with E-state index in [1.165, 1.54) is 6.33 Å². The maximum absolute atomic E-state index is 11.6. The Bertz CT molecular complexity index is 663. The van der Waals surface area contributed by atoms with Gasteiger partial charge in [0.15, 0.2) is 0 Å². The van der Waals surface area contributed by atoms with Crippen LogP contribution in [0.1, 0.15) is 18.5 Å². The van der Waals surface area contributed by atoms with Crippen LogP contribution in [0.4, 0.5) is 5.82 Å². The van der Waals surface area contributed by atoms with E-state index >= 15 is 0 Å². The van der Waals surface area contributed by atoms with E-state index in [-0.39, 0.29) is 6.54 Å². The maximum Gasteiger partial charge on any atom is 0.311 e. The molecule has 0 atom stereocenters. The van der Waals surface area contributed by atoms with Crippen molar-refractivity contribution in [2.24, 2.45) is 5.41 Å².